The molecule has 1 aliphatic heterocycles. The normalized spacial score (nSPS) is 26.2. The van der Waals surface area contributed by atoms with Crippen molar-refractivity contribution in [2.24, 2.45) is 5.73 Å². The Hall–Kier alpha value is -0.280. The smallest absolute Gasteiger partial charge is 0.239 e. The zero-order valence-electron chi connectivity index (χ0n) is 5.33. The first-order chi connectivity index (χ1) is 3.72. The van der Waals surface area contributed by atoms with Crippen molar-refractivity contribution in [2.45, 2.75) is 12.5 Å². The van der Waals surface area contributed by atoms with E-state index in [4.69, 9.17) is 5.73 Å². The van der Waals surface area contributed by atoms with Crippen molar-refractivity contribution in [2.75, 3.05) is 13.6 Å². The lowest BCUT2D eigenvalue weighted by molar-refractivity contribution is -0.127. The van der Waals surface area contributed by atoms with Gasteiger partial charge in [0.05, 0.1) is 6.04 Å². The van der Waals surface area contributed by atoms with Crippen LogP contribution in [0.1, 0.15) is 6.42 Å². The van der Waals surface area contributed by atoms with Crippen molar-refractivity contribution in [3.63, 3.8) is 0 Å². The van der Waals surface area contributed by atoms with Crippen molar-refractivity contribution >= 4 is 18.3 Å². The first-order valence-corrected chi connectivity index (χ1v) is 2.72. The molecule has 1 aliphatic rings. The lowest BCUT2D eigenvalue weighted by Gasteiger charge is -2.05. The van der Waals surface area contributed by atoms with Gasteiger partial charge in [0.25, 0.3) is 0 Å². The second kappa shape index (κ2) is 3.03. The molecule has 0 aromatic heterocycles. The molecule has 54 valence electrons. The van der Waals surface area contributed by atoms with E-state index in [1.165, 1.54) is 0 Å². The highest BCUT2D eigenvalue weighted by molar-refractivity contribution is 5.85. The number of amides is 1. The average Bonchev–Trinajstić information content (AvgIpc) is 1.98. The minimum atomic E-state index is -0.222. The van der Waals surface area contributed by atoms with E-state index in [0.29, 0.717) is 0 Å². The van der Waals surface area contributed by atoms with Crippen molar-refractivity contribution in [1.82, 2.24) is 4.90 Å². The monoisotopic (exact) mass is 150 g/mol. The Morgan fingerprint density at radius 2 is 2.33 bits per heavy atom. The van der Waals surface area contributed by atoms with Gasteiger partial charge >= 0.3 is 0 Å². The number of likely N-dealkylation sites (N-methyl/N-ethyl adjacent to an activating group) is 1. The second-order valence-corrected chi connectivity index (χ2v) is 2.15. The summed E-state index contributed by atoms with van der Waals surface area (Å²) in [5.74, 6) is 0.0741. The Morgan fingerprint density at radius 1 is 1.78 bits per heavy atom. The van der Waals surface area contributed by atoms with E-state index in [9.17, 15) is 4.79 Å². The maximum absolute atomic E-state index is 10.7. The Labute approximate surface area is 60.6 Å². The average molecular weight is 151 g/mol. The molecular formula is C5H11ClN2O. The Kier molecular flexibility index (Phi) is 2.94. The number of carbonyl (C=O) groups excluding carboxylic acids is 1. The third-order valence-corrected chi connectivity index (χ3v) is 1.47. The van der Waals surface area contributed by atoms with Gasteiger partial charge in [0.1, 0.15) is 0 Å². The highest BCUT2D eigenvalue weighted by Gasteiger charge is 2.24. The predicted octanol–water partition coefficient (Wildman–Crippen LogP) is -0.402. The van der Waals surface area contributed by atoms with E-state index in [1.807, 2.05) is 0 Å². The number of rotatable bonds is 0. The molecule has 0 spiro atoms. The van der Waals surface area contributed by atoms with Gasteiger partial charge in [-0.25, -0.2) is 0 Å². The number of nitrogens with two attached hydrogens (primary N) is 1. The van der Waals surface area contributed by atoms with Gasteiger partial charge in [-0.05, 0) is 6.42 Å². The number of hydrogen-bond donors (Lipinski definition) is 1. The third-order valence-electron chi connectivity index (χ3n) is 1.47. The summed E-state index contributed by atoms with van der Waals surface area (Å²) in [7, 11) is 1.77. The fourth-order valence-corrected chi connectivity index (χ4v) is 0.849. The summed E-state index contributed by atoms with van der Waals surface area (Å²) >= 11 is 0. The minimum absolute atomic E-state index is 0. The van der Waals surface area contributed by atoms with E-state index in [2.05, 4.69) is 0 Å². The zero-order valence-corrected chi connectivity index (χ0v) is 6.15. The van der Waals surface area contributed by atoms with E-state index in [1.54, 1.807) is 11.9 Å². The Morgan fingerprint density at radius 3 is 2.44 bits per heavy atom. The minimum Gasteiger partial charge on any atom is -0.344 e. The van der Waals surface area contributed by atoms with Gasteiger partial charge in [-0.15, -0.1) is 12.4 Å². The summed E-state index contributed by atoms with van der Waals surface area (Å²) in [6.07, 6.45) is 0.815. The molecule has 4 heteroatoms. The fraction of sp³-hybridized carbons (Fsp3) is 0.800. The number of likely N-dealkylation sites (tertiary alicyclic amines) is 1. The van der Waals surface area contributed by atoms with E-state index >= 15 is 0 Å². The van der Waals surface area contributed by atoms with Crippen LogP contribution in [0, 0.1) is 0 Å². The summed E-state index contributed by atoms with van der Waals surface area (Å²) in [5, 5.41) is 0. The molecule has 0 saturated carbocycles. The van der Waals surface area contributed by atoms with Gasteiger partial charge in [0, 0.05) is 13.6 Å². The van der Waals surface area contributed by atoms with Gasteiger partial charge in [0.2, 0.25) is 5.91 Å². The maximum Gasteiger partial charge on any atom is 0.239 e. The number of hydrogen-bond acceptors (Lipinski definition) is 2. The van der Waals surface area contributed by atoms with Gasteiger partial charge < -0.3 is 10.6 Å². The second-order valence-electron chi connectivity index (χ2n) is 2.15. The van der Waals surface area contributed by atoms with Crippen LogP contribution in [0.2, 0.25) is 0 Å². The molecule has 3 nitrogen and oxygen atoms in total. The van der Waals surface area contributed by atoms with E-state index in [-0.39, 0.29) is 24.4 Å². The summed E-state index contributed by atoms with van der Waals surface area (Å²) in [6, 6.07) is -0.222. The predicted molar refractivity (Wildman–Crippen MR) is 37.5 cm³/mol. The van der Waals surface area contributed by atoms with Gasteiger partial charge in [-0.2, -0.15) is 0 Å². The summed E-state index contributed by atoms with van der Waals surface area (Å²) in [5.41, 5.74) is 5.38. The van der Waals surface area contributed by atoms with Crippen LogP contribution in [0.3, 0.4) is 0 Å². The highest BCUT2D eigenvalue weighted by atomic mass is 35.5. The molecule has 0 radical (unpaired) electrons. The fourth-order valence-electron chi connectivity index (χ4n) is 0.849. The zero-order chi connectivity index (χ0) is 6.15. The quantitative estimate of drug-likeness (QED) is 0.511. The molecule has 1 amide bonds. The van der Waals surface area contributed by atoms with E-state index < -0.39 is 0 Å². The van der Waals surface area contributed by atoms with Crippen LogP contribution in [-0.4, -0.2) is 30.4 Å². The van der Waals surface area contributed by atoms with Crippen molar-refractivity contribution in [3.05, 3.63) is 0 Å². The molecule has 0 unspecified atom stereocenters. The largest absolute Gasteiger partial charge is 0.344 e. The molecule has 1 rings (SSSR count). The van der Waals surface area contributed by atoms with E-state index in [0.717, 1.165) is 13.0 Å². The van der Waals surface area contributed by atoms with Gasteiger partial charge in [-0.1, -0.05) is 0 Å². The summed E-state index contributed by atoms with van der Waals surface area (Å²) in [6.45, 7) is 0.819. The molecule has 0 aromatic carbocycles. The lowest BCUT2D eigenvalue weighted by Crippen LogP contribution is -2.31. The van der Waals surface area contributed by atoms with Crippen LogP contribution in [0.25, 0.3) is 0 Å². The molecule has 2 N–H and O–H groups in total. The van der Waals surface area contributed by atoms with Crippen LogP contribution < -0.4 is 5.73 Å². The molecule has 1 atom stereocenters. The van der Waals surface area contributed by atoms with Crippen LogP contribution in [-0.2, 0) is 4.79 Å². The number of carbonyl (C=O) groups is 1. The van der Waals surface area contributed by atoms with Crippen LogP contribution in [0.5, 0.6) is 0 Å². The molecule has 1 fully saturated rings. The summed E-state index contributed by atoms with van der Waals surface area (Å²) < 4.78 is 0. The van der Waals surface area contributed by atoms with Crippen molar-refractivity contribution in [1.29, 1.82) is 0 Å². The molecule has 0 aliphatic carbocycles. The standard InChI is InChI=1S/C5H10N2O.ClH/c1-7-3-2-4(6)5(7)8;/h4H,2-3,6H2,1H3;1H/t4-;/m1./s1. The first-order valence-electron chi connectivity index (χ1n) is 2.72. The molecule has 0 bridgehead atoms. The van der Waals surface area contributed by atoms with Crippen molar-refractivity contribution in [3.8, 4) is 0 Å². The summed E-state index contributed by atoms with van der Waals surface area (Å²) in [4.78, 5) is 12.4. The highest BCUT2D eigenvalue weighted by Crippen LogP contribution is 2.04. The van der Waals surface area contributed by atoms with Crippen LogP contribution in [0.15, 0.2) is 0 Å². The first kappa shape index (κ1) is 8.72. The molecular weight excluding hydrogens is 140 g/mol. The number of nitrogens with zero attached hydrogens (tertiary/aromatic N) is 1. The Balaban J connectivity index is 0.000000640. The van der Waals surface area contributed by atoms with Crippen LogP contribution in [0.4, 0.5) is 0 Å². The SMILES string of the molecule is CN1CC[C@@H](N)C1=O.Cl. The Bertz CT molecular complexity index is 106. The van der Waals surface area contributed by atoms with Crippen molar-refractivity contribution < 1.29 is 4.79 Å². The van der Waals surface area contributed by atoms with Gasteiger partial charge in [-0.3, -0.25) is 4.79 Å². The third kappa shape index (κ3) is 1.56. The maximum atomic E-state index is 10.7. The lowest BCUT2D eigenvalue weighted by atomic mass is 10.3. The number of halogens is 1. The van der Waals surface area contributed by atoms with Gasteiger partial charge in [0.15, 0.2) is 0 Å². The topological polar surface area (TPSA) is 46.3 Å². The van der Waals surface area contributed by atoms with Crippen LogP contribution >= 0.6 is 12.4 Å². The molecule has 1 heterocycles. The molecule has 1 saturated heterocycles. The molecule has 9 heavy (non-hydrogen) atoms. The molecule has 0 aromatic rings.